The fourth-order valence-electron chi connectivity index (χ4n) is 2.84. The second-order valence-electron chi connectivity index (χ2n) is 6.33. The Kier molecular flexibility index (Phi) is 7.28. The predicted octanol–water partition coefficient (Wildman–Crippen LogP) is 2.28. The number of amides is 1. The minimum absolute atomic E-state index is 0.158. The van der Waals surface area contributed by atoms with Crippen LogP contribution in [0.1, 0.15) is 17.3 Å². The summed E-state index contributed by atoms with van der Waals surface area (Å²) in [6.07, 6.45) is 0.994. The first kappa shape index (κ1) is 23.0. The van der Waals surface area contributed by atoms with Crippen molar-refractivity contribution in [3.63, 3.8) is 0 Å². The van der Waals surface area contributed by atoms with E-state index in [0.717, 1.165) is 10.6 Å². The van der Waals surface area contributed by atoms with Crippen LogP contribution in [0.2, 0.25) is 0 Å². The van der Waals surface area contributed by atoms with Crippen LogP contribution < -0.4 is 19.1 Å². The first-order valence-electron chi connectivity index (χ1n) is 8.83. The van der Waals surface area contributed by atoms with E-state index in [1.54, 1.807) is 24.3 Å². The van der Waals surface area contributed by atoms with Gasteiger partial charge >= 0.3 is 5.97 Å². The zero-order chi connectivity index (χ0) is 22.5. The van der Waals surface area contributed by atoms with Gasteiger partial charge in [0, 0.05) is 11.8 Å². The van der Waals surface area contributed by atoms with E-state index in [1.165, 1.54) is 46.5 Å². The number of hydrogen-bond acceptors (Lipinski definition) is 7. The molecule has 1 N–H and O–H groups in total. The van der Waals surface area contributed by atoms with Crippen molar-refractivity contribution in [1.82, 2.24) is 0 Å². The number of carbonyl (C=O) groups excluding carboxylic acids is 2. The zero-order valence-corrected chi connectivity index (χ0v) is 18.1. The van der Waals surface area contributed by atoms with Gasteiger partial charge in [0.1, 0.15) is 17.5 Å². The maximum atomic E-state index is 12.9. The molecule has 0 bridgehead atoms. The molecule has 10 heteroatoms. The summed E-state index contributed by atoms with van der Waals surface area (Å²) in [5.41, 5.74) is 0.725. The highest BCUT2D eigenvalue weighted by atomic mass is 32.2. The van der Waals surface area contributed by atoms with Gasteiger partial charge in [0.15, 0.2) is 0 Å². The molecule has 0 aromatic heterocycles. The summed E-state index contributed by atoms with van der Waals surface area (Å²) in [5.74, 6) is -0.503. The molecule has 0 unspecified atom stereocenters. The molecular weight excluding hydrogens is 412 g/mol. The van der Waals surface area contributed by atoms with Gasteiger partial charge in [0.05, 0.1) is 38.8 Å². The molecule has 0 heterocycles. The Balaban J connectivity index is 2.40. The first-order chi connectivity index (χ1) is 14.1. The van der Waals surface area contributed by atoms with Crippen LogP contribution >= 0.6 is 0 Å². The van der Waals surface area contributed by atoms with Crippen LogP contribution in [-0.4, -0.2) is 53.9 Å². The molecule has 0 saturated carbocycles. The number of hydrogen-bond donors (Lipinski definition) is 1. The van der Waals surface area contributed by atoms with Crippen molar-refractivity contribution in [2.24, 2.45) is 0 Å². The van der Waals surface area contributed by atoms with E-state index < -0.39 is 27.9 Å². The van der Waals surface area contributed by atoms with Gasteiger partial charge < -0.3 is 19.5 Å². The van der Waals surface area contributed by atoms with Crippen LogP contribution in [0.25, 0.3) is 0 Å². The van der Waals surface area contributed by atoms with E-state index in [2.05, 4.69) is 10.1 Å². The standard InChI is InChI=1S/C20H24N2O7S/c1-13(19(23)21-15-8-6-7-14(11-15)20(24)29-4)22(30(5,25)26)17-12-16(27-2)9-10-18(17)28-3/h6-13H,1-5H3,(H,21,23)/t13-/m0/s1. The number of anilines is 2. The van der Waals surface area contributed by atoms with Crippen molar-refractivity contribution in [2.75, 3.05) is 37.2 Å². The number of nitrogens with one attached hydrogen (secondary N) is 1. The topological polar surface area (TPSA) is 111 Å². The Labute approximate surface area is 175 Å². The first-order valence-corrected chi connectivity index (χ1v) is 10.7. The highest BCUT2D eigenvalue weighted by Crippen LogP contribution is 2.35. The third-order valence-electron chi connectivity index (χ3n) is 4.26. The van der Waals surface area contributed by atoms with E-state index in [0.29, 0.717) is 11.4 Å². The van der Waals surface area contributed by atoms with Crippen molar-refractivity contribution >= 4 is 33.3 Å². The number of carbonyl (C=O) groups is 2. The van der Waals surface area contributed by atoms with Crippen LogP contribution in [0.5, 0.6) is 11.5 Å². The highest BCUT2D eigenvalue weighted by Gasteiger charge is 2.31. The van der Waals surface area contributed by atoms with E-state index in [-0.39, 0.29) is 17.0 Å². The molecule has 0 spiro atoms. The van der Waals surface area contributed by atoms with Gasteiger partial charge in [-0.3, -0.25) is 9.10 Å². The van der Waals surface area contributed by atoms with Gasteiger partial charge in [0.2, 0.25) is 15.9 Å². The molecule has 0 radical (unpaired) electrons. The summed E-state index contributed by atoms with van der Waals surface area (Å²) in [6, 6.07) is 9.63. The highest BCUT2D eigenvalue weighted by molar-refractivity contribution is 7.92. The van der Waals surface area contributed by atoms with Gasteiger partial charge in [-0.05, 0) is 37.3 Å². The van der Waals surface area contributed by atoms with Crippen molar-refractivity contribution in [2.45, 2.75) is 13.0 Å². The number of sulfonamides is 1. The Bertz CT molecular complexity index is 1040. The van der Waals surface area contributed by atoms with Crippen LogP contribution in [0.15, 0.2) is 42.5 Å². The second kappa shape index (κ2) is 9.49. The van der Waals surface area contributed by atoms with Crippen LogP contribution in [0.4, 0.5) is 11.4 Å². The monoisotopic (exact) mass is 436 g/mol. The van der Waals surface area contributed by atoms with E-state index in [1.807, 2.05) is 0 Å². The van der Waals surface area contributed by atoms with Crippen molar-refractivity contribution in [3.8, 4) is 11.5 Å². The Hall–Kier alpha value is -3.27. The smallest absolute Gasteiger partial charge is 0.337 e. The molecular formula is C20H24N2O7S. The summed E-state index contributed by atoms with van der Waals surface area (Å²) >= 11 is 0. The van der Waals surface area contributed by atoms with Gasteiger partial charge in [0.25, 0.3) is 0 Å². The number of ether oxygens (including phenoxy) is 3. The molecule has 162 valence electrons. The summed E-state index contributed by atoms with van der Waals surface area (Å²) < 4.78 is 41.2. The molecule has 30 heavy (non-hydrogen) atoms. The molecule has 0 aliphatic carbocycles. The average molecular weight is 436 g/mol. The molecule has 9 nitrogen and oxygen atoms in total. The molecule has 1 amide bonds. The lowest BCUT2D eigenvalue weighted by Crippen LogP contribution is -2.45. The third kappa shape index (κ3) is 5.20. The van der Waals surface area contributed by atoms with Gasteiger partial charge in [-0.25, -0.2) is 13.2 Å². The lowest BCUT2D eigenvalue weighted by atomic mass is 10.2. The Morgan fingerprint density at radius 2 is 1.73 bits per heavy atom. The van der Waals surface area contributed by atoms with Gasteiger partial charge in [-0.2, -0.15) is 0 Å². The largest absolute Gasteiger partial charge is 0.497 e. The number of methoxy groups -OCH3 is 3. The molecule has 2 aromatic carbocycles. The molecule has 0 aliphatic rings. The quantitative estimate of drug-likeness (QED) is 0.632. The predicted molar refractivity (Wildman–Crippen MR) is 113 cm³/mol. The van der Waals surface area contributed by atoms with Crippen molar-refractivity contribution in [3.05, 3.63) is 48.0 Å². The molecule has 1 atom stereocenters. The average Bonchev–Trinajstić information content (AvgIpc) is 2.72. The normalized spacial score (nSPS) is 11.9. The number of benzene rings is 2. The Morgan fingerprint density at radius 3 is 2.30 bits per heavy atom. The summed E-state index contributed by atoms with van der Waals surface area (Å²) in [7, 11) is 0.219. The fraction of sp³-hybridized carbons (Fsp3) is 0.300. The summed E-state index contributed by atoms with van der Waals surface area (Å²) in [5, 5.41) is 2.62. The lowest BCUT2D eigenvalue weighted by molar-refractivity contribution is -0.116. The molecule has 2 aromatic rings. The molecule has 0 fully saturated rings. The lowest BCUT2D eigenvalue weighted by Gasteiger charge is -2.29. The molecule has 2 rings (SSSR count). The minimum Gasteiger partial charge on any atom is -0.497 e. The maximum absolute atomic E-state index is 12.9. The number of rotatable bonds is 8. The number of nitrogens with zero attached hydrogens (tertiary/aromatic N) is 1. The fourth-order valence-corrected chi connectivity index (χ4v) is 4.01. The van der Waals surface area contributed by atoms with Gasteiger partial charge in [-0.15, -0.1) is 0 Å². The summed E-state index contributed by atoms with van der Waals surface area (Å²) in [6.45, 7) is 1.44. The summed E-state index contributed by atoms with van der Waals surface area (Å²) in [4.78, 5) is 24.6. The van der Waals surface area contributed by atoms with E-state index in [4.69, 9.17) is 9.47 Å². The van der Waals surface area contributed by atoms with Crippen molar-refractivity contribution < 1.29 is 32.2 Å². The minimum atomic E-state index is -3.87. The Morgan fingerprint density at radius 1 is 1.03 bits per heavy atom. The number of esters is 1. The van der Waals surface area contributed by atoms with E-state index >= 15 is 0 Å². The van der Waals surface area contributed by atoms with E-state index in [9.17, 15) is 18.0 Å². The zero-order valence-electron chi connectivity index (χ0n) is 17.3. The molecule has 0 aliphatic heterocycles. The SMILES string of the molecule is COC(=O)c1cccc(NC(=O)[C@H](C)N(c2cc(OC)ccc2OC)S(C)(=O)=O)c1. The molecule has 0 saturated heterocycles. The van der Waals surface area contributed by atoms with Crippen LogP contribution in [0.3, 0.4) is 0 Å². The van der Waals surface area contributed by atoms with Crippen LogP contribution in [-0.2, 0) is 19.6 Å². The third-order valence-corrected chi connectivity index (χ3v) is 5.49. The van der Waals surface area contributed by atoms with Gasteiger partial charge in [-0.1, -0.05) is 6.07 Å². The van der Waals surface area contributed by atoms with Crippen molar-refractivity contribution in [1.29, 1.82) is 0 Å². The maximum Gasteiger partial charge on any atom is 0.337 e. The van der Waals surface area contributed by atoms with Crippen LogP contribution in [0, 0.1) is 0 Å². The second-order valence-corrected chi connectivity index (χ2v) is 8.19.